The minimum absolute atomic E-state index is 0.251. The SMILES string of the molecule is CCCCCN1c2cc[nH]c2C(=O)NC1O. The van der Waals surface area contributed by atoms with Crippen molar-refractivity contribution in [1.29, 1.82) is 0 Å². The number of amides is 1. The fourth-order valence-corrected chi connectivity index (χ4v) is 1.96. The summed E-state index contributed by atoms with van der Waals surface area (Å²) in [5.74, 6) is -0.251. The predicted octanol–water partition coefficient (Wildman–Crippen LogP) is 1.03. The third-order valence-corrected chi connectivity index (χ3v) is 2.82. The number of fused-ring (bicyclic) bond motifs is 1. The number of aromatic nitrogens is 1. The highest BCUT2D eigenvalue weighted by Gasteiger charge is 2.29. The average molecular weight is 223 g/mol. The zero-order chi connectivity index (χ0) is 11.5. The first-order valence-electron chi connectivity index (χ1n) is 5.67. The van der Waals surface area contributed by atoms with Crippen molar-refractivity contribution in [2.75, 3.05) is 11.4 Å². The van der Waals surface area contributed by atoms with Gasteiger partial charge in [0.25, 0.3) is 5.91 Å². The van der Waals surface area contributed by atoms with E-state index in [2.05, 4.69) is 17.2 Å². The predicted molar refractivity (Wildman–Crippen MR) is 61.1 cm³/mol. The van der Waals surface area contributed by atoms with Gasteiger partial charge in [0.2, 0.25) is 6.35 Å². The average Bonchev–Trinajstić information content (AvgIpc) is 2.72. The molecular weight excluding hydrogens is 206 g/mol. The van der Waals surface area contributed by atoms with Crippen LogP contribution in [-0.4, -0.2) is 28.9 Å². The van der Waals surface area contributed by atoms with Crippen LogP contribution in [0.1, 0.15) is 36.7 Å². The van der Waals surface area contributed by atoms with Crippen LogP contribution in [0.3, 0.4) is 0 Å². The third-order valence-electron chi connectivity index (χ3n) is 2.82. The van der Waals surface area contributed by atoms with Gasteiger partial charge in [-0.15, -0.1) is 0 Å². The van der Waals surface area contributed by atoms with Crippen molar-refractivity contribution in [1.82, 2.24) is 10.3 Å². The molecule has 0 spiro atoms. The lowest BCUT2D eigenvalue weighted by Gasteiger charge is -2.33. The van der Waals surface area contributed by atoms with Crippen LogP contribution in [-0.2, 0) is 0 Å². The normalized spacial score (nSPS) is 19.5. The molecule has 88 valence electrons. The quantitative estimate of drug-likeness (QED) is 0.668. The van der Waals surface area contributed by atoms with Gasteiger partial charge < -0.3 is 20.3 Å². The van der Waals surface area contributed by atoms with Crippen molar-refractivity contribution in [3.05, 3.63) is 18.0 Å². The lowest BCUT2D eigenvalue weighted by molar-refractivity contribution is 0.0738. The third kappa shape index (κ3) is 1.90. The molecule has 0 fully saturated rings. The molecule has 2 rings (SSSR count). The van der Waals surface area contributed by atoms with E-state index < -0.39 is 6.35 Å². The summed E-state index contributed by atoms with van der Waals surface area (Å²) in [6.07, 6.45) is 4.07. The Bertz CT molecular complexity index is 375. The van der Waals surface area contributed by atoms with E-state index in [0.29, 0.717) is 5.69 Å². The number of hydrogen-bond acceptors (Lipinski definition) is 3. The molecule has 1 aliphatic rings. The largest absolute Gasteiger partial charge is 0.356 e. The zero-order valence-corrected chi connectivity index (χ0v) is 9.36. The Labute approximate surface area is 94.5 Å². The van der Waals surface area contributed by atoms with Crippen LogP contribution < -0.4 is 10.2 Å². The van der Waals surface area contributed by atoms with Gasteiger partial charge in [-0.2, -0.15) is 0 Å². The van der Waals surface area contributed by atoms with Gasteiger partial charge in [0.05, 0.1) is 5.69 Å². The smallest absolute Gasteiger partial charge is 0.273 e. The Balaban J connectivity index is 2.13. The van der Waals surface area contributed by atoms with E-state index in [1.54, 1.807) is 6.20 Å². The summed E-state index contributed by atoms with van der Waals surface area (Å²) in [5, 5.41) is 12.3. The number of unbranched alkanes of at least 4 members (excludes halogenated alkanes) is 2. The number of aliphatic hydroxyl groups is 1. The van der Waals surface area contributed by atoms with E-state index in [1.807, 2.05) is 11.0 Å². The maximum absolute atomic E-state index is 11.5. The summed E-state index contributed by atoms with van der Waals surface area (Å²) in [7, 11) is 0. The number of rotatable bonds is 4. The van der Waals surface area contributed by atoms with Gasteiger partial charge in [-0.3, -0.25) is 4.79 Å². The first kappa shape index (κ1) is 11.0. The Hall–Kier alpha value is -1.49. The molecule has 3 N–H and O–H groups in total. The second-order valence-corrected chi connectivity index (χ2v) is 3.99. The summed E-state index contributed by atoms with van der Waals surface area (Å²) < 4.78 is 0. The molecule has 1 atom stereocenters. The molecule has 0 aromatic carbocycles. The summed E-state index contributed by atoms with van der Waals surface area (Å²) in [6, 6.07) is 1.82. The van der Waals surface area contributed by atoms with Crippen molar-refractivity contribution in [3.63, 3.8) is 0 Å². The van der Waals surface area contributed by atoms with E-state index in [-0.39, 0.29) is 5.91 Å². The van der Waals surface area contributed by atoms with Gasteiger partial charge in [-0.05, 0) is 12.5 Å². The van der Waals surface area contributed by atoms with Crippen LogP contribution in [0, 0.1) is 0 Å². The van der Waals surface area contributed by atoms with Crippen LogP contribution in [0.5, 0.6) is 0 Å². The molecule has 1 aromatic heterocycles. The zero-order valence-electron chi connectivity index (χ0n) is 9.36. The van der Waals surface area contributed by atoms with Gasteiger partial charge in [0, 0.05) is 12.7 Å². The van der Waals surface area contributed by atoms with E-state index in [9.17, 15) is 9.90 Å². The second-order valence-electron chi connectivity index (χ2n) is 3.99. The molecule has 1 unspecified atom stereocenters. The molecule has 5 heteroatoms. The number of nitrogens with zero attached hydrogens (tertiary/aromatic N) is 1. The lowest BCUT2D eigenvalue weighted by atomic mass is 10.2. The first-order chi connectivity index (χ1) is 7.74. The number of carbonyl (C=O) groups is 1. The fraction of sp³-hybridized carbons (Fsp3) is 0.545. The standard InChI is InChI=1S/C11H17N3O2/c1-2-3-4-7-14-8-5-6-12-9(8)10(15)13-11(14)16/h5-6,11-12,16H,2-4,7H2,1H3,(H,13,15). The first-order valence-corrected chi connectivity index (χ1v) is 5.67. The van der Waals surface area contributed by atoms with Crippen molar-refractivity contribution >= 4 is 11.6 Å². The number of aromatic amines is 1. The van der Waals surface area contributed by atoms with Crippen molar-refractivity contribution in [2.45, 2.75) is 32.5 Å². The Morgan fingerprint density at radius 2 is 2.31 bits per heavy atom. The number of hydrogen-bond donors (Lipinski definition) is 3. The Morgan fingerprint density at radius 1 is 1.50 bits per heavy atom. The molecule has 16 heavy (non-hydrogen) atoms. The topological polar surface area (TPSA) is 68.4 Å². The number of nitrogens with one attached hydrogen (secondary N) is 2. The minimum Gasteiger partial charge on any atom is -0.356 e. The maximum Gasteiger partial charge on any atom is 0.273 e. The highest BCUT2D eigenvalue weighted by molar-refractivity contribution is 6.00. The van der Waals surface area contributed by atoms with E-state index in [4.69, 9.17) is 0 Å². The van der Waals surface area contributed by atoms with Gasteiger partial charge in [-0.1, -0.05) is 19.8 Å². The Kier molecular flexibility index (Phi) is 3.14. The Morgan fingerprint density at radius 3 is 3.06 bits per heavy atom. The van der Waals surface area contributed by atoms with Crippen molar-refractivity contribution in [3.8, 4) is 0 Å². The molecule has 1 aromatic rings. The van der Waals surface area contributed by atoms with Gasteiger partial charge in [-0.25, -0.2) is 0 Å². The lowest BCUT2D eigenvalue weighted by Crippen LogP contribution is -2.53. The van der Waals surface area contributed by atoms with Crippen molar-refractivity contribution in [2.24, 2.45) is 0 Å². The fourth-order valence-electron chi connectivity index (χ4n) is 1.96. The van der Waals surface area contributed by atoms with Crippen LogP contribution in [0.4, 0.5) is 5.69 Å². The second kappa shape index (κ2) is 4.57. The van der Waals surface area contributed by atoms with Gasteiger partial charge in [0.15, 0.2) is 0 Å². The molecule has 2 heterocycles. The molecule has 1 aliphatic heterocycles. The maximum atomic E-state index is 11.5. The highest BCUT2D eigenvalue weighted by Crippen LogP contribution is 2.24. The summed E-state index contributed by atoms with van der Waals surface area (Å²) in [6.45, 7) is 2.89. The van der Waals surface area contributed by atoms with Crippen LogP contribution >= 0.6 is 0 Å². The molecule has 5 nitrogen and oxygen atoms in total. The van der Waals surface area contributed by atoms with E-state index in [0.717, 1.165) is 31.5 Å². The highest BCUT2D eigenvalue weighted by atomic mass is 16.3. The van der Waals surface area contributed by atoms with E-state index in [1.165, 1.54) is 0 Å². The summed E-state index contributed by atoms with van der Waals surface area (Å²) in [4.78, 5) is 16.2. The van der Waals surface area contributed by atoms with Crippen LogP contribution in [0.25, 0.3) is 0 Å². The van der Waals surface area contributed by atoms with Gasteiger partial charge in [0.1, 0.15) is 5.69 Å². The minimum atomic E-state index is -0.910. The molecule has 0 aliphatic carbocycles. The number of H-pyrrole nitrogens is 1. The molecule has 0 bridgehead atoms. The molecule has 0 saturated carbocycles. The summed E-state index contributed by atoms with van der Waals surface area (Å²) in [5.41, 5.74) is 1.31. The number of carbonyl (C=O) groups excluding carboxylic acids is 1. The summed E-state index contributed by atoms with van der Waals surface area (Å²) >= 11 is 0. The van der Waals surface area contributed by atoms with Crippen LogP contribution in [0.2, 0.25) is 0 Å². The molecular formula is C11H17N3O2. The molecule has 1 amide bonds. The van der Waals surface area contributed by atoms with E-state index >= 15 is 0 Å². The van der Waals surface area contributed by atoms with Gasteiger partial charge >= 0.3 is 0 Å². The number of aliphatic hydroxyl groups excluding tert-OH is 1. The number of anilines is 1. The molecule has 0 saturated heterocycles. The monoisotopic (exact) mass is 223 g/mol. The van der Waals surface area contributed by atoms with Crippen molar-refractivity contribution < 1.29 is 9.90 Å². The van der Waals surface area contributed by atoms with Crippen LogP contribution in [0.15, 0.2) is 12.3 Å². The molecule has 0 radical (unpaired) electrons.